The average Bonchev–Trinajstić information content (AvgIpc) is 3.85. The van der Waals surface area contributed by atoms with Crippen molar-refractivity contribution in [3.8, 4) is 23.5 Å². The van der Waals surface area contributed by atoms with E-state index in [1.54, 1.807) is 4.90 Å². The van der Waals surface area contributed by atoms with Gasteiger partial charge in [-0.05, 0) is 62.6 Å². The van der Waals surface area contributed by atoms with Crippen LogP contribution in [0.4, 0.5) is 21.6 Å². The predicted molar refractivity (Wildman–Crippen MR) is 186 cm³/mol. The molecule has 15 nitrogen and oxygen atoms in total. The van der Waals surface area contributed by atoms with Crippen molar-refractivity contribution in [3.63, 3.8) is 0 Å². The van der Waals surface area contributed by atoms with Gasteiger partial charge in [-0.2, -0.15) is 15.5 Å². The number of anilines is 3. The number of rotatable bonds is 4. The molecule has 1 unspecified atom stereocenters. The Labute approximate surface area is 297 Å². The highest BCUT2D eigenvalue weighted by Crippen LogP contribution is 2.55. The van der Waals surface area contributed by atoms with Crippen molar-refractivity contribution in [2.75, 3.05) is 54.8 Å². The molecule has 2 saturated heterocycles. The van der Waals surface area contributed by atoms with Crippen LogP contribution in [0, 0.1) is 22.7 Å². The third-order valence-electron chi connectivity index (χ3n) is 10.7. The molecule has 8 rings (SSSR count). The number of nitriles is 2. The van der Waals surface area contributed by atoms with E-state index in [1.807, 2.05) is 6.07 Å². The van der Waals surface area contributed by atoms with Gasteiger partial charge in [0.05, 0.1) is 29.5 Å². The van der Waals surface area contributed by atoms with Gasteiger partial charge in [-0.1, -0.05) is 5.16 Å². The first kappa shape index (κ1) is 32.4. The summed E-state index contributed by atoms with van der Waals surface area (Å²) in [5.74, 6) is 2.10. The zero-order chi connectivity index (χ0) is 34.6. The number of nitrogens with two attached hydrogens (primary N) is 1. The van der Waals surface area contributed by atoms with Gasteiger partial charge in [-0.25, -0.2) is 14.3 Å². The van der Waals surface area contributed by atoms with Gasteiger partial charge in [-0.15, -0.1) is 21.5 Å². The number of carbonyl (C=O) groups excluding carboxylic acids is 1. The average molecular weight is 714 g/mol. The number of piperazine rings is 2. The fraction of sp³-hybridized carbons (Fsp3) is 0.515. The maximum Gasteiger partial charge on any atom is 0.332 e. The fourth-order valence-electron chi connectivity index (χ4n) is 8.30. The molecule has 4 aliphatic rings. The molecule has 3 atom stereocenters. The number of fused-ring (bicyclic) bond motifs is 4. The maximum absolute atomic E-state index is 13.4. The molecule has 0 saturated carbocycles. The number of hydrogen-bond acceptors (Lipinski definition) is 14. The van der Waals surface area contributed by atoms with E-state index >= 15 is 0 Å². The normalized spacial score (nSPS) is 23.3. The number of aromatic nitrogens is 6. The number of nitrogen functional groups attached to an aromatic ring is 1. The minimum atomic E-state index is -0.446. The van der Waals surface area contributed by atoms with Crippen molar-refractivity contribution >= 4 is 45.7 Å². The van der Waals surface area contributed by atoms with Gasteiger partial charge in [0.15, 0.2) is 5.76 Å². The highest BCUT2D eigenvalue weighted by atomic mass is 35.5. The molecule has 6 heterocycles. The van der Waals surface area contributed by atoms with E-state index in [1.165, 1.54) is 27.1 Å². The van der Waals surface area contributed by atoms with E-state index in [9.17, 15) is 15.3 Å². The van der Waals surface area contributed by atoms with Crippen molar-refractivity contribution < 1.29 is 9.32 Å². The van der Waals surface area contributed by atoms with E-state index in [0.717, 1.165) is 75.0 Å². The number of amides is 1. The van der Waals surface area contributed by atoms with Crippen molar-refractivity contribution in [2.24, 2.45) is 0 Å². The minimum Gasteiger partial charge on any atom is -0.389 e. The lowest BCUT2D eigenvalue weighted by Crippen LogP contribution is -2.56. The Balaban J connectivity index is 1.19. The first-order chi connectivity index (χ1) is 24.3. The topological polar surface area (TPSA) is 195 Å². The lowest BCUT2D eigenvalue weighted by molar-refractivity contribution is 0.168. The largest absolute Gasteiger partial charge is 0.389 e. The number of nitrogens with zero attached hydrogens (tertiary/aromatic N) is 11. The monoisotopic (exact) mass is 713 g/mol. The SMILES string of the molecule is C[C@H]1CNCCN1c1nc(-c2noc3c2CCC[C@@]32CCCc3sc(N)c(C#N)c32)cc(N2CCN(C(=O)n3cnnc3Cl)C(CC#N)C2)n1. The van der Waals surface area contributed by atoms with Gasteiger partial charge in [0.2, 0.25) is 11.2 Å². The van der Waals surface area contributed by atoms with E-state index in [2.05, 4.69) is 44.4 Å². The van der Waals surface area contributed by atoms with Gasteiger partial charge < -0.3 is 30.3 Å². The van der Waals surface area contributed by atoms with Crippen molar-refractivity contribution in [1.29, 1.82) is 10.5 Å². The van der Waals surface area contributed by atoms with E-state index < -0.39 is 11.5 Å². The van der Waals surface area contributed by atoms with Crippen molar-refractivity contribution in [2.45, 2.75) is 69.4 Å². The number of hydrogen-bond donors (Lipinski definition) is 2. The Kier molecular flexibility index (Phi) is 8.33. The summed E-state index contributed by atoms with van der Waals surface area (Å²) in [7, 11) is 0. The van der Waals surface area contributed by atoms with Gasteiger partial charge in [0, 0.05) is 61.8 Å². The van der Waals surface area contributed by atoms with Crippen LogP contribution in [0.15, 0.2) is 16.9 Å². The molecule has 4 aromatic heterocycles. The molecule has 3 N–H and O–H groups in total. The first-order valence-corrected chi connectivity index (χ1v) is 18.2. The Bertz CT molecular complexity index is 2040. The predicted octanol–water partition coefficient (Wildman–Crippen LogP) is 3.72. The van der Waals surface area contributed by atoms with Crippen molar-refractivity contribution in [1.82, 2.24) is 40.1 Å². The lowest BCUT2D eigenvalue weighted by Gasteiger charge is -2.41. The van der Waals surface area contributed by atoms with Crippen LogP contribution in [0.3, 0.4) is 0 Å². The highest BCUT2D eigenvalue weighted by Gasteiger charge is 2.49. The number of carbonyl (C=O) groups is 1. The summed E-state index contributed by atoms with van der Waals surface area (Å²) in [5, 5.41) is 36.1. The molecule has 0 aromatic carbocycles. The quantitative estimate of drug-likeness (QED) is 0.311. The smallest absolute Gasteiger partial charge is 0.332 e. The second-order valence-electron chi connectivity index (χ2n) is 13.4. The third kappa shape index (κ3) is 5.25. The second-order valence-corrected chi connectivity index (χ2v) is 14.9. The number of halogens is 1. The molecule has 1 amide bonds. The molecule has 0 radical (unpaired) electrons. The summed E-state index contributed by atoms with van der Waals surface area (Å²) in [6.07, 6.45) is 6.74. The maximum atomic E-state index is 13.4. The molecule has 2 aliphatic carbocycles. The minimum absolute atomic E-state index is 0.0307. The van der Waals surface area contributed by atoms with Crippen LogP contribution in [-0.4, -0.2) is 92.2 Å². The molecule has 17 heteroatoms. The Morgan fingerprint density at radius 2 is 2.06 bits per heavy atom. The van der Waals surface area contributed by atoms with Crippen LogP contribution in [0.25, 0.3) is 11.4 Å². The number of thiophene rings is 1. The Morgan fingerprint density at radius 1 is 1.22 bits per heavy atom. The summed E-state index contributed by atoms with van der Waals surface area (Å²) in [6, 6.07) is 5.95. The van der Waals surface area contributed by atoms with Crippen LogP contribution >= 0.6 is 22.9 Å². The molecule has 1 spiro atoms. The molecule has 0 bridgehead atoms. The Morgan fingerprint density at radius 3 is 2.82 bits per heavy atom. The van der Waals surface area contributed by atoms with Gasteiger partial charge in [0.25, 0.3) is 0 Å². The number of aryl methyl sites for hydroxylation is 1. The first-order valence-electron chi connectivity index (χ1n) is 17.0. The summed E-state index contributed by atoms with van der Waals surface area (Å²) in [6.45, 7) is 5.68. The van der Waals surface area contributed by atoms with E-state index in [4.69, 9.17) is 37.0 Å². The third-order valence-corrected chi connectivity index (χ3v) is 12.0. The van der Waals surface area contributed by atoms with Crippen molar-refractivity contribution in [3.05, 3.63) is 45.0 Å². The highest BCUT2D eigenvalue weighted by molar-refractivity contribution is 7.16. The lowest BCUT2D eigenvalue weighted by atomic mass is 9.63. The molecular formula is C33H36ClN13O2S. The van der Waals surface area contributed by atoms with Crippen LogP contribution < -0.4 is 20.9 Å². The fourth-order valence-corrected chi connectivity index (χ4v) is 9.62. The zero-order valence-electron chi connectivity index (χ0n) is 27.6. The molecule has 2 fully saturated rings. The summed E-state index contributed by atoms with van der Waals surface area (Å²) < 4.78 is 7.52. The second kappa shape index (κ2) is 12.8. The standard InChI is InChI=1S/C33H36ClN13O2S/c1-19-16-38-10-11-45(19)31-40-23(14-25(41-31)44-12-13-46(20(17-44)6-9-35)32(48)47-18-39-42-30(47)34)27-21-4-2-7-33(28(21)49-43-27)8-3-5-24-26(33)22(15-36)29(37)50-24/h14,18-20,38H,2-8,10-13,16-17,37H2,1H3/t19-,20?,33-/m0/s1. The van der Waals surface area contributed by atoms with Crippen LogP contribution in [0.5, 0.6) is 0 Å². The summed E-state index contributed by atoms with van der Waals surface area (Å²) in [4.78, 5) is 30.8. The van der Waals surface area contributed by atoms with Crippen LogP contribution in [-0.2, 0) is 18.3 Å². The summed E-state index contributed by atoms with van der Waals surface area (Å²) >= 11 is 7.64. The zero-order valence-corrected chi connectivity index (χ0v) is 29.2. The molecule has 4 aromatic rings. The van der Waals surface area contributed by atoms with Crippen LogP contribution in [0.2, 0.25) is 5.28 Å². The van der Waals surface area contributed by atoms with E-state index in [0.29, 0.717) is 53.4 Å². The molecular weight excluding hydrogens is 678 g/mol. The summed E-state index contributed by atoms with van der Waals surface area (Å²) in [5.41, 5.74) is 9.89. The molecule has 50 heavy (non-hydrogen) atoms. The molecule has 2 aliphatic heterocycles. The van der Waals surface area contributed by atoms with Gasteiger partial charge in [0.1, 0.15) is 34.6 Å². The van der Waals surface area contributed by atoms with E-state index in [-0.39, 0.29) is 23.8 Å². The van der Waals surface area contributed by atoms with Gasteiger partial charge in [-0.3, -0.25) is 0 Å². The molecule has 258 valence electrons. The number of nitrogens with one attached hydrogen (secondary N) is 1. The Hall–Kier alpha value is -4.77. The van der Waals surface area contributed by atoms with Gasteiger partial charge >= 0.3 is 6.03 Å². The van der Waals surface area contributed by atoms with Crippen LogP contribution in [0.1, 0.15) is 66.4 Å².